The first-order valence-electron chi connectivity index (χ1n) is 4.74. The standard InChI is InChI=1S/C11H12O3/c1-2-7-13-11-9-6-4-3-5-8(9)10(12)14-11/h3-6,11H,2,7H2,1H3/t11-/m1/s1. The van der Waals surface area contributed by atoms with Crippen LogP contribution in [0.2, 0.25) is 0 Å². The molecule has 0 saturated heterocycles. The van der Waals surface area contributed by atoms with Gasteiger partial charge in [-0.2, -0.15) is 0 Å². The Morgan fingerprint density at radius 3 is 3.00 bits per heavy atom. The van der Waals surface area contributed by atoms with Gasteiger partial charge in [0.25, 0.3) is 0 Å². The van der Waals surface area contributed by atoms with Crippen LogP contribution in [0.25, 0.3) is 0 Å². The molecule has 0 fully saturated rings. The molecule has 0 radical (unpaired) electrons. The van der Waals surface area contributed by atoms with E-state index in [4.69, 9.17) is 9.47 Å². The van der Waals surface area contributed by atoms with Crippen molar-refractivity contribution in [3.8, 4) is 0 Å². The Hall–Kier alpha value is -1.35. The van der Waals surface area contributed by atoms with Gasteiger partial charge in [0.05, 0.1) is 12.2 Å². The zero-order valence-electron chi connectivity index (χ0n) is 8.03. The molecule has 0 unspecified atom stereocenters. The molecule has 0 aromatic heterocycles. The van der Waals surface area contributed by atoms with E-state index in [9.17, 15) is 4.79 Å². The van der Waals surface area contributed by atoms with E-state index in [0.717, 1.165) is 12.0 Å². The van der Waals surface area contributed by atoms with Crippen LogP contribution in [0.15, 0.2) is 24.3 Å². The smallest absolute Gasteiger partial charge is 0.341 e. The molecule has 14 heavy (non-hydrogen) atoms. The van der Waals surface area contributed by atoms with Gasteiger partial charge in [0.2, 0.25) is 6.29 Å². The number of rotatable bonds is 3. The number of fused-ring (bicyclic) bond motifs is 1. The van der Waals surface area contributed by atoms with Gasteiger partial charge >= 0.3 is 5.97 Å². The Balaban J connectivity index is 2.21. The van der Waals surface area contributed by atoms with Crippen molar-refractivity contribution in [2.24, 2.45) is 0 Å². The molecule has 1 aliphatic heterocycles. The molecule has 0 N–H and O–H groups in total. The highest BCUT2D eigenvalue weighted by Gasteiger charge is 2.30. The summed E-state index contributed by atoms with van der Waals surface area (Å²) in [6.45, 7) is 2.62. The van der Waals surface area contributed by atoms with Crippen molar-refractivity contribution < 1.29 is 14.3 Å². The summed E-state index contributed by atoms with van der Waals surface area (Å²) >= 11 is 0. The number of hydrogen-bond acceptors (Lipinski definition) is 3. The van der Waals surface area contributed by atoms with E-state index in [1.165, 1.54) is 0 Å². The van der Waals surface area contributed by atoms with E-state index >= 15 is 0 Å². The van der Waals surface area contributed by atoms with E-state index in [0.29, 0.717) is 12.2 Å². The third kappa shape index (κ3) is 1.51. The van der Waals surface area contributed by atoms with Crippen LogP contribution in [0.5, 0.6) is 0 Å². The van der Waals surface area contributed by atoms with Crippen LogP contribution in [-0.2, 0) is 9.47 Å². The lowest BCUT2D eigenvalue weighted by molar-refractivity contribution is -0.103. The second kappa shape index (κ2) is 3.80. The summed E-state index contributed by atoms with van der Waals surface area (Å²) in [4.78, 5) is 11.3. The maximum absolute atomic E-state index is 11.3. The fraction of sp³-hybridized carbons (Fsp3) is 0.364. The number of carbonyl (C=O) groups is 1. The van der Waals surface area contributed by atoms with Crippen molar-refractivity contribution in [1.29, 1.82) is 0 Å². The van der Waals surface area contributed by atoms with Crippen molar-refractivity contribution in [2.45, 2.75) is 19.6 Å². The molecule has 3 heteroatoms. The molecule has 0 bridgehead atoms. The highest BCUT2D eigenvalue weighted by Crippen LogP contribution is 2.30. The van der Waals surface area contributed by atoms with E-state index in [2.05, 4.69) is 0 Å². The topological polar surface area (TPSA) is 35.5 Å². The first-order valence-corrected chi connectivity index (χ1v) is 4.74. The van der Waals surface area contributed by atoms with Crippen LogP contribution < -0.4 is 0 Å². The van der Waals surface area contributed by atoms with Crippen LogP contribution >= 0.6 is 0 Å². The van der Waals surface area contributed by atoms with Crippen LogP contribution in [0.4, 0.5) is 0 Å². The van der Waals surface area contributed by atoms with E-state index in [-0.39, 0.29) is 5.97 Å². The first kappa shape index (κ1) is 9.21. The summed E-state index contributed by atoms with van der Waals surface area (Å²) in [5, 5.41) is 0. The largest absolute Gasteiger partial charge is 0.428 e. The van der Waals surface area contributed by atoms with Gasteiger partial charge in [0.15, 0.2) is 0 Å². The van der Waals surface area contributed by atoms with Crippen molar-refractivity contribution in [3.63, 3.8) is 0 Å². The molecular weight excluding hydrogens is 180 g/mol. The fourth-order valence-electron chi connectivity index (χ4n) is 1.46. The molecule has 74 valence electrons. The fourth-order valence-corrected chi connectivity index (χ4v) is 1.46. The average molecular weight is 192 g/mol. The van der Waals surface area contributed by atoms with Crippen molar-refractivity contribution in [1.82, 2.24) is 0 Å². The van der Waals surface area contributed by atoms with Crippen molar-refractivity contribution in [3.05, 3.63) is 35.4 Å². The van der Waals surface area contributed by atoms with Gasteiger partial charge in [-0.3, -0.25) is 0 Å². The Morgan fingerprint density at radius 1 is 1.43 bits per heavy atom. The lowest BCUT2D eigenvalue weighted by Gasteiger charge is -2.10. The second-order valence-corrected chi connectivity index (χ2v) is 3.20. The number of benzene rings is 1. The second-order valence-electron chi connectivity index (χ2n) is 3.20. The summed E-state index contributed by atoms with van der Waals surface area (Å²) in [5.41, 5.74) is 1.46. The van der Waals surface area contributed by atoms with Crippen LogP contribution in [0.1, 0.15) is 35.6 Å². The van der Waals surface area contributed by atoms with Gasteiger partial charge in [-0.15, -0.1) is 0 Å². The number of ether oxygens (including phenoxy) is 2. The van der Waals surface area contributed by atoms with Crippen molar-refractivity contribution in [2.75, 3.05) is 6.61 Å². The van der Waals surface area contributed by atoms with Gasteiger partial charge in [0, 0.05) is 5.56 Å². The van der Waals surface area contributed by atoms with Gasteiger partial charge in [-0.25, -0.2) is 4.79 Å². The maximum Gasteiger partial charge on any atom is 0.341 e. The third-order valence-corrected chi connectivity index (χ3v) is 2.12. The highest BCUT2D eigenvalue weighted by atomic mass is 16.7. The number of esters is 1. The third-order valence-electron chi connectivity index (χ3n) is 2.12. The lowest BCUT2D eigenvalue weighted by atomic mass is 10.1. The molecule has 3 nitrogen and oxygen atoms in total. The summed E-state index contributed by atoms with van der Waals surface area (Å²) in [5.74, 6) is -0.290. The molecule has 1 aliphatic rings. The molecule has 2 rings (SSSR count). The SMILES string of the molecule is CCCO[C@@H]1OC(=O)c2ccccc21. The van der Waals surface area contributed by atoms with Crippen LogP contribution in [0.3, 0.4) is 0 Å². The first-order chi connectivity index (χ1) is 6.83. The van der Waals surface area contributed by atoms with Gasteiger partial charge in [0.1, 0.15) is 0 Å². The zero-order valence-corrected chi connectivity index (χ0v) is 8.03. The molecule has 1 atom stereocenters. The van der Waals surface area contributed by atoms with Crippen LogP contribution in [0, 0.1) is 0 Å². The van der Waals surface area contributed by atoms with Gasteiger partial charge < -0.3 is 9.47 Å². The Morgan fingerprint density at radius 2 is 2.21 bits per heavy atom. The van der Waals surface area contributed by atoms with Gasteiger partial charge in [-0.05, 0) is 12.5 Å². The predicted molar refractivity (Wildman–Crippen MR) is 50.8 cm³/mol. The molecule has 1 heterocycles. The highest BCUT2D eigenvalue weighted by molar-refractivity contribution is 5.93. The lowest BCUT2D eigenvalue weighted by Crippen LogP contribution is -2.04. The monoisotopic (exact) mass is 192 g/mol. The summed E-state index contributed by atoms with van der Waals surface area (Å²) in [6.07, 6.45) is 0.412. The minimum atomic E-state index is -0.501. The Labute approximate surface area is 82.6 Å². The van der Waals surface area contributed by atoms with E-state index in [1.54, 1.807) is 6.07 Å². The molecule has 0 amide bonds. The van der Waals surface area contributed by atoms with Crippen LogP contribution in [-0.4, -0.2) is 12.6 Å². The molecule has 0 spiro atoms. The van der Waals surface area contributed by atoms with Gasteiger partial charge in [-0.1, -0.05) is 25.1 Å². The zero-order chi connectivity index (χ0) is 9.97. The summed E-state index contributed by atoms with van der Waals surface area (Å²) < 4.78 is 10.5. The molecule has 0 saturated carbocycles. The van der Waals surface area contributed by atoms with E-state index < -0.39 is 6.29 Å². The molecular formula is C11H12O3. The predicted octanol–water partition coefficient (Wildman–Crippen LogP) is 2.28. The number of hydrogen-bond donors (Lipinski definition) is 0. The summed E-state index contributed by atoms with van der Waals surface area (Å²) in [6, 6.07) is 7.32. The minimum Gasteiger partial charge on any atom is -0.428 e. The molecule has 1 aromatic carbocycles. The Bertz CT molecular complexity index is 346. The quantitative estimate of drug-likeness (QED) is 0.689. The Kier molecular flexibility index (Phi) is 2.50. The average Bonchev–Trinajstić information content (AvgIpc) is 2.54. The minimum absolute atomic E-state index is 0.290. The van der Waals surface area contributed by atoms with E-state index in [1.807, 2.05) is 25.1 Å². The normalized spacial score (nSPS) is 19.2. The number of carbonyl (C=O) groups excluding carboxylic acids is 1. The summed E-state index contributed by atoms with van der Waals surface area (Å²) in [7, 11) is 0. The molecule has 0 aliphatic carbocycles. The number of cyclic esters (lactones) is 1. The van der Waals surface area contributed by atoms with Crippen molar-refractivity contribution >= 4 is 5.97 Å². The molecule has 1 aromatic rings. The maximum atomic E-state index is 11.3.